The van der Waals surface area contributed by atoms with Crippen LogP contribution in [0, 0.1) is 11.6 Å². The number of hydrogen-bond acceptors (Lipinski definition) is 4. The van der Waals surface area contributed by atoms with Crippen LogP contribution in [0.1, 0.15) is 31.7 Å². The van der Waals surface area contributed by atoms with E-state index in [-0.39, 0.29) is 11.7 Å². The van der Waals surface area contributed by atoms with Crippen molar-refractivity contribution in [2.24, 2.45) is 0 Å². The average Bonchev–Trinajstić information content (AvgIpc) is 2.72. The average molecular weight is 396 g/mol. The molecule has 1 atom stereocenters. The van der Waals surface area contributed by atoms with Gasteiger partial charge >= 0.3 is 0 Å². The van der Waals surface area contributed by atoms with Crippen LogP contribution in [0.5, 0.6) is 5.75 Å². The number of aliphatic hydroxyl groups excluding tert-OH is 1. The number of phenolic OH excluding ortho intramolecular Hbond substituents is 1. The summed E-state index contributed by atoms with van der Waals surface area (Å²) in [7, 11) is 0. The number of aliphatic hydroxyl groups is 1. The smallest absolute Gasteiger partial charge is 0.200 e. The van der Waals surface area contributed by atoms with Gasteiger partial charge in [-0.05, 0) is 43.9 Å². The number of unbranched alkanes of at least 4 members (excludes halogenated alkanes) is 1. The molecule has 1 heterocycles. The lowest BCUT2D eigenvalue weighted by molar-refractivity contribution is 0.182. The summed E-state index contributed by atoms with van der Waals surface area (Å²) in [6, 6.07) is 9.25. The van der Waals surface area contributed by atoms with E-state index in [1.807, 2.05) is 12.2 Å². The zero-order chi connectivity index (χ0) is 20.8. The summed E-state index contributed by atoms with van der Waals surface area (Å²) in [6.07, 6.45) is 9.70. The topological polar surface area (TPSA) is 66.2 Å². The van der Waals surface area contributed by atoms with E-state index in [0.717, 1.165) is 36.5 Å². The number of benzene rings is 2. The number of aromatic nitrogens is 2. The lowest BCUT2D eigenvalue weighted by atomic mass is 10.0. The van der Waals surface area contributed by atoms with Crippen LogP contribution >= 0.6 is 0 Å². The van der Waals surface area contributed by atoms with Crippen molar-refractivity contribution >= 4 is 6.08 Å². The second kappa shape index (κ2) is 9.39. The molecule has 6 heteroatoms. The number of halogens is 2. The maximum atomic E-state index is 14.0. The predicted octanol–water partition coefficient (Wildman–Crippen LogP) is 5.36. The summed E-state index contributed by atoms with van der Waals surface area (Å²) in [6.45, 7) is 1.78. The first-order valence-corrected chi connectivity index (χ1v) is 9.40. The molecule has 2 N–H and O–H groups in total. The Bertz CT molecular complexity index is 985. The van der Waals surface area contributed by atoms with Crippen molar-refractivity contribution in [1.29, 1.82) is 0 Å². The second-order valence-electron chi connectivity index (χ2n) is 6.86. The van der Waals surface area contributed by atoms with Crippen LogP contribution in [0.3, 0.4) is 0 Å². The van der Waals surface area contributed by atoms with Crippen LogP contribution in [0.2, 0.25) is 0 Å². The Kier molecular flexibility index (Phi) is 6.67. The van der Waals surface area contributed by atoms with Gasteiger partial charge in [0.15, 0.2) is 17.4 Å². The van der Waals surface area contributed by atoms with Crippen molar-refractivity contribution in [3.8, 4) is 28.3 Å². The zero-order valence-corrected chi connectivity index (χ0v) is 16.0. The summed E-state index contributed by atoms with van der Waals surface area (Å²) >= 11 is 0. The quantitative estimate of drug-likeness (QED) is 0.528. The van der Waals surface area contributed by atoms with Crippen LogP contribution in [0.4, 0.5) is 8.78 Å². The van der Waals surface area contributed by atoms with Gasteiger partial charge in [-0.3, -0.25) is 0 Å². The van der Waals surface area contributed by atoms with E-state index in [9.17, 15) is 19.0 Å². The second-order valence-corrected chi connectivity index (χ2v) is 6.86. The molecule has 0 radical (unpaired) electrons. The van der Waals surface area contributed by atoms with Crippen molar-refractivity contribution < 1.29 is 19.0 Å². The van der Waals surface area contributed by atoms with Gasteiger partial charge in [0.1, 0.15) is 0 Å². The van der Waals surface area contributed by atoms with Crippen LogP contribution in [-0.2, 0) is 0 Å². The third-order valence-electron chi connectivity index (χ3n) is 4.49. The third-order valence-corrected chi connectivity index (χ3v) is 4.49. The molecule has 4 nitrogen and oxygen atoms in total. The summed E-state index contributed by atoms with van der Waals surface area (Å²) < 4.78 is 27.6. The molecule has 1 unspecified atom stereocenters. The van der Waals surface area contributed by atoms with Gasteiger partial charge in [0, 0.05) is 29.1 Å². The van der Waals surface area contributed by atoms with Crippen LogP contribution < -0.4 is 0 Å². The van der Waals surface area contributed by atoms with E-state index in [4.69, 9.17) is 0 Å². The number of rotatable bonds is 7. The highest BCUT2D eigenvalue weighted by Gasteiger charge is 2.14. The molecule has 150 valence electrons. The molecule has 0 bridgehead atoms. The van der Waals surface area contributed by atoms with E-state index in [1.165, 1.54) is 6.07 Å². The largest absolute Gasteiger partial charge is 0.505 e. The van der Waals surface area contributed by atoms with Crippen molar-refractivity contribution in [2.45, 2.75) is 32.3 Å². The van der Waals surface area contributed by atoms with Gasteiger partial charge in [-0.15, -0.1) is 0 Å². The first-order valence-electron chi connectivity index (χ1n) is 9.40. The number of hydrogen-bond donors (Lipinski definition) is 2. The normalized spacial score (nSPS) is 12.4. The van der Waals surface area contributed by atoms with Gasteiger partial charge in [-0.2, -0.15) is 4.39 Å². The minimum absolute atomic E-state index is 0.0730. The Morgan fingerprint density at radius 2 is 1.62 bits per heavy atom. The maximum absolute atomic E-state index is 14.0. The first kappa shape index (κ1) is 20.6. The molecular weight excluding hydrogens is 374 g/mol. The molecule has 0 aliphatic rings. The Hall–Kier alpha value is -3.12. The van der Waals surface area contributed by atoms with Crippen molar-refractivity contribution in [3.63, 3.8) is 0 Å². The molecule has 0 saturated carbocycles. The van der Waals surface area contributed by atoms with Crippen LogP contribution in [-0.4, -0.2) is 26.3 Å². The van der Waals surface area contributed by atoms with Crippen molar-refractivity contribution in [3.05, 3.63) is 72.1 Å². The van der Waals surface area contributed by atoms with E-state index in [2.05, 4.69) is 9.97 Å². The fourth-order valence-corrected chi connectivity index (χ4v) is 2.88. The monoisotopic (exact) mass is 396 g/mol. The summed E-state index contributed by atoms with van der Waals surface area (Å²) in [5, 5.41) is 18.5. The minimum Gasteiger partial charge on any atom is -0.505 e. The van der Waals surface area contributed by atoms with Crippen LogP contribution in [0.25, 0.3) is 28.6 Å². The summed E-state index contributed by atoms with van der Waals surface area (Å²) in [5.41, 5.74) is 2.19. The number of aromatic hydroxyl groups is 1. The Morgan fingerprint density at radius 3 is 2.28 bits per heavy atom. The van der Waals surface area contributed by atoms with E-state index in [1.54, 1.807) is 43.6 Å². The van der Waals surface area contributed by atoms with E-state index >= 15 is 0 Å². The lowest BCUT2D eigenvalue weighted by Gasteiger charge is -2.07. The SMILES string of the molecule is CC(O)CCCC=Cc1cnc(-c2ccc(-c3ccc(O)c(F)c3F)cc2)nc1. The zero-order valence-electron chi connectivity index (χ0n) is 16.0. The van der Waals surface area contributed by atoms with Gasteiger partial charge < -0.3 is 10.2 Å². The molecule has 0 aliphatic carbocycles. The standard InChI is InChI=1S/C23H22F2N2O2/c1-15(28)5-3-2-4-6-16-13-26-23(27-14-16)18-9-7-17(8-10-18)19-11-12-20(29)22(25)21(19)24/h4,6-15,28-29H,2-3,5H2,1H3. The van der Waals surface area contributed by atoms with Gasteiger partial charge in [0.2, 0.25) is 5.82 Å². The molecule has 0 saturated heterocycles. The predicted molar refractivity (Wildman–Crippen MR) is 109 cm³/mol. The van der Waals surface area contributed by atoms with Crippen molar-refractivity contribution in [1.82, 2.24) is 9.97 Å². The molecule has 2 aromatic carbocycles. The minimum atomic E-state index is -1.26. The summed E-state index contributed by atoms with van der Waals surface area (Å²) in [4.78, 5) is 8.70. The highest BCUT2D eigenvalue weighted by molar-refractivity contribution is 5.69. The Labute approximate surface area is 168 Å². The summed E-state index contributed by atoms with van der Waals surface area (Å²) in [5.74, 6) is -2.53. The fraction of sp³-hybridized carbons (Fsp3) is 0.217. The Balaban J connectivity index is 1.69. The van der Waals surface area contributed by atoms with Crippen LogP contribution in [0.15, 0.2) is 54.9 Å². The molecule has 1 aromatic heterocycles. The van der Waals surface area contributed by atoms with Gasteiger partial charge in [0.25, 0.3) is 0 Å². The maximum Gasteiger partial charge on any atom is 0.200 e. The molecule has 0 aliphatic heterocycles. The Morgan fingerprint density at radius 1 is 0.966 bits per heavy atom. The number of phenols is 1. The molecular formula is C23H22F2N2O2. The third kappa shape index (κ3) is 5.23. The molecule has 0 fully saturated rings. The fourth-order valence-electron chi connectivity index (χ4n) is 2.88. The molecule has 29 heavy (non-hydrogen) atoms. The highest BCUT2D eigenvalue weighted by Crippen LogP contribution is 2.30. The lowest BCUT2D eigenvalue weighted by Crippen LogP contribution is -1.97. The van der Waals surface area contributed by atoms with Gasteiger partial charge in [0.05, 0.1) is 6.10 Å². The first-order chi connectivity index (χ1) is 14.0. The number of nitrogens with zero attached hydrogens (tertiary/aromatic N) is 2. The highest BCUT2D eigenvalue weighted by atomic mass is 19.2. The van der Waals surface area contributed by atoms with E-state index < -0.39 is 17.4 Å². The molecule has 3 aromatic rings. The molecule has 0 amide bonds. The number of allylic oxidation sites excluding steroid dienone is 1. The van der Waals surface area contributed by atoms with Crippen molar-refractivity contribution in [2.75, 3.05) is 0 Å². The van der Waals surface area contributed by atoms with E-state index in [0.29, 0.717) is 11.4 Å². The van der Waals surface area contributed by atoms with Gasteiger partial charge in [-0.25, -0.2) is 14.4 Å². The molecule has 3 rings (SSSR count). The van der Waals surface area contributed by atoms with Gasteiger partial charge in [-0.1, -0.05) is 36.4 Å². The molecule has 0 spiro atoms.